The standard InChI is InChI=1S/C11H16NO3S.Na/c1-2-10-6-3-4-7-11(10)12-8-5-9-16(13,14)15;/h3-4,6-7H,2,5,8-9H2,1H3,(H,13,14,15);/q-1;+1. The molecule has 0 fully saturated rings. The van der Waals surface area contributed by atoms with E-state index in [0.717, 1.165) is 17.7 Å². The molecule has 90 valence electrons. The summed E-state index contributed by atoms with van der Waals surface area (Å²) in [5.74, 6) is -0.231. The second kappa shape index (κ2) is 8.11. The van der Waals surface area contributed by atoms with Gasteiger partial charge in [0.15, 0.2) is 0 Å². The van der Waals surface area contributed by atoms with Crippen molar-refractivity contribution in [1.29, 1.82) is 0 Å². The van der Waals surface area contributed by atoms with Gasteiger partial charge in [-0.05, 0) is 6.42 Å². The molecule has 0 aliphatic carbocycles. The molecule has 0 heterocycles. The third-order valence-corrected chi connectivity index (χ3v) is 3.02. The van der Waals surface area contributed by atoms with Crippen LogP contribution < -0.4 is 29.6 Å². The van der Waals surface area contributed by atoms with E-state index in [1.165, 1.54) is 0 Å². The molecule has 4 nitrogen and oxygen atoms in total. The second-order valence-electron chi connectivity index (χ2n) is 3.50. The van der Waals surface area contributed by atoms with Crippen LogP contribution in [0.1, 0.15) is 18.9 Å². The molecule has 1 aromatic carbocycles. The minimum absolute atomic E-state index is 0. The Morgan fingerprint density at radius 2 is 1.94 bits per heavy atom. The average molecular weight is 265 g/mol. The predicted molar refractivity (Wildman–Crippen MR) is 64.7 cm³/mol. The Morgan fingerprint density at radius 1 is 1.29 bits per heavy atom. The monoisotopic (exact) mass is 265 g/mol. The Morgan fingerprint density at radius 3 is 2.53 bits per heavy atom. The van der Waals surface area contributed by atoms with E-state index in [4.69, 9.17) is 4.55 Å². The Kier molecular flexibility index (Phi) is 8.07. The maximum atomic E-state index is 10.5. The van der Waals surface area contributed by atoms with Crippen LogP contribution in [0.2, 0.25) is 0 Å². The van der Waals surface area contributed by atoms with E-state index in [-0.39, 0.29) is 35.3 Å². The third-order valence-electron chi connectivity index (χ3n) is 2.22. The molecular weight excluding hydrogens is 249 g/mol. The van der Waals surface area contributed by atoms with E-state index in [2.05, 4.69) is 5.32 Å². The van der Waals surface area contributed by atoms with Crippen LogP contribution in [-0.4, -0.2) is 25.3 Å². The maximum Gasteiger partial charge on any atom is 1.00 e. The fraction of sp³-hybridized carbons (Fsp3) is 0.455. The van der Waals surface area contributed by atoms with Gasteiger partial charge < -0.3 is 5.32 Å². The van der Waals surface area contributed by atoms with Gasteiger partial charge in [0, 0.05) is 0 Å². The first kappa shape index (κ1) is 16.9. The van der Waals surface area contributed by atoms with Gasteiger partial charge in [0.25, 0.3) is 10.1 Å². The van der Waals surface area contributed by atoms with Crippen molar-refractivity contribution in [2.75, 3.05) is 12.3 Å². The van der Waals surface area contributed by atoms with Crippen LogP contribution >= 0.6 is 0 Å². The van der Waals surface area contributed by atoms with Crippen LogP contribution in [0, 0.1) is 0 Å². The molecule has 0 aliphatic rings. The molecule has 0 saturated carbocycles. The van der Waals surface area contributed by atoms with E-state index < -0.39 is 10.1 Å². The summed E-state index contributed by atoms with van der Waals surface area (Å²) in [6, 6.07) is 7.77. The zero-order valence-electron chi connectivity index (χ0n) is 10.3. The summed E-state index contributed by atoms with van der Waals surface area (Å²) < 4.78 is 29.5. The molecule has 1 N–H and O–H groups in total. The van der Waals surface area contributed by atoms with Gasteiger partial charge in [0.05, 0.1) is 5.75 Å². The van der Waals surface area contributed by atoms with Gasteiger partial charge in [0.1, 0.15) is 0 Å². The molecule has 1 rings (SSSR count). The van der Waals surface area contributed by atoms with Crippen LogP contribution in [0.4, 0.5) is 5.69 Å². The van der Waals surface area contributed by atoms with Crippen LogP contribution in [-0.2, 0) is 16.5 Å². The summed E-state index contributed by atoms with van der Waals surface area (Å²) in [6.07, 6.45) is 1.24. The topological polar surface area (TPSA) is 68.5 Å². The molecule has 0 bridgehead atoms. The molecule has 1 aromatic rings. The average Bonchev–Trinajstić information content (AvgIpc) is 2.23. The summed E-state index contributed by atoms with van der Waals surface area (Å²) in [5.41, 5.74) is 2.05. The number of hydrogen-bond donors (Lipinski definition) is 1. The number of aryl methyl sites for hydroxylation is 1. The molecule has 17 heavy (non-hydrogen) atoms. The van der Waals surface area contributed by atoms with Crippen molar-refractivity contribution in [3.8, 4) is 0 Å². The minimum atomic E-state index is -3.85. The van der Waals surface area contributed by atoms with Crippen LogP contribution in [0.15, 0.2) is 24.3 Å². The van der Waals surface area contributed by atoms with Crippen molar-refractivity contribution in [2.24, 2.45) is 0 Å². The van der Waals surface area contributed by atoms with Gasteiger partial charge in [0.2, 0.25) is 0 Å². The van der Waals surface area contributed by atoms with Crippen molar-refractivity contribution in [3.05, 3.63) is 35.1 Å². The molecule has 0 radical (unpaired) electrons. The second-order valence-corrected chi connectivity index (χ2v) is 5.08. The van der Waals surface area contributed by atoms with Gasteiger partial charge in [-0.15, -0.1) is 12.2 Å². The zero-order valence-corrected chi connectivity index (χ0v) is 13.1. The fourth-order valence-electron chi connectivity index (χ4n) is 1.41. The minimum Gasteiger partial charge on any atom is -0.684 e. The first-order chi connectivity index (χ1) is 7.53. The number of rotatable bonds is 6. The largest absolute Gasteiger partial charge is 1.00 e. The van der Waals surface area contributed by atoms with Crippen molar-refractivity contribution < 1.29 is 42.5 Å². The van der Waals surface area contributed by atoms with E-state index in [1.807, 2.05) is 31.2 Å². The summed E-state index contributed by atoms with van der Waals surface area (Å²) in [7, 11) is -3.85. The normalized spacial score (nSPS) is 10.7. The maximum absolute atomic E-state index is 10.5. The SMILES string of the molecule is CCc1ccccc1[N-]CCCS(=O)(=O)O.[Na+]. The number of nitrogens with zero attached hydrogens (tertiary/aromatic N) is 1. The van der Waals surface area contributed by atoms with Crippen LogP contribution in [0.3, 0.4) is 0 Å². The Bertz CT molecular complexity index is 434. The van der Waals surface area contributed by atoms with Crippen LogP contribution in [0.5, 0.6) is 0 Å². The molecule has 0 atom stereocenters. The van der Waals surface area contributed by atoms with Gasteiger partial charge in [-0.1, -0.05) is 43.2 Å². The Hall–Kier alpha value is -0.0700. The number of para-hydroxylation sites is 1. The van der Waals surface area contributed by atoms with Gasteiger partial charge >= 0.3 is 29.6 Å². The molecule has 0 saturated heterocycles. The zero-order chi connectivity index (χ0) is 12.0. The van der Waals surface area contributed by atoms with Crippen LogP contribution in [0.25, 0.3) is 5.32 Å². The predicted octanol–water partition coefficient (Wildman–Crippen LogP) is -0.464. The number of benzene rings is 1. The van der Waals surface area contributed by atoms with Gasteiger partial charge in [-0.25, -0.2) is 0 Å². The molecule has 0 amide bonds. The van der Waals surface area contributed by atoms with Crippen molar-refractivity contribution in [3.63, 3.8) is 0 Å². The van der Waals surface area contributed by atoms with E-state index in [9.17, 15) is 8.42 Å². The molecule has 0 spiro atoms. The van der Waals surface area contributed by atoms with Crippen molar-refractivity contribution in [1.82, 2.24) is 0 Å². The Labute approximate surface area is 125 Å². The molecular formula is C11H16NNaO3S. The van der Waals surface area contributed by atoms with E-state index in [1.54, 1.807) is 0 Å². The third kappa shape index (κ3) is 7.06. The van der Waals surface area contributed by atoms with Gasteiger partial charge in [-0.3, -0.25) is 4.55 Å². The molecule has 0 aromatic heterocycles. The Balaban J connectivity index is 0.00000256. The molecule has 6 heteroatoms. The number of hydrogen-bond acceptors (Lipinski definition) is 2. The van der Waals surface area contributed by atoms with E-state index in [0.29, 0.717) is 13.0 Å². The summed E-state index contributed by atoms with van der Waals surface area (Å²) in [4.78, 5) is 0. The first-order valence-electron chi connectivity index (χ1n) is 5.23. The fourth-order valence-corrected chi connectivity index (χ4v) is 1.90. The van der Waals surface area contributed by atoms with Crippen molar-refractivity contribution >= 4 is 15.8 Å². The summed E-state index contributed by atoms with van der Waals surface area (Å²) >= 11 is 0. The van der Waals surface area contributed by atoms with Gasteiger partial charge in [-0.2, -0.15) is 8.42 Å². The quantitative estimate of drug-likeness (QED) is 0.430. The first-order valence-corrected chi connectivity index (χ1v) is 6.84. The van der Waals surface area contributed by atoms with E-state index >= 15 is 0 Å². The molecule has 0 aliphatic heterocycles. The smallest absolute Gasteiger partial charge is 0.684 e. The summed E-state index contributed by atoms with van der Waals surface area (Å²) in [5, 5.41) is 4.30. The van der Waals surface area contributed by atoms with Crippen molar-refractivity contribution in [2.45, 2.75) is 19.8 Å². The molecule has 0 unspecified atom stereocenters. The summed E-state index contributed by atoms with van der Waals surface area (Å²) in [6.45, 7) is 2.46.